The summed E-state index contributed by atoms with van der Waals surface area (Å²) < 4.78 is 0. The van der Waals surface area contributed by atoms with E-state index in [1.165, 1.54) is 16.9 Å². The Morgan fingerprint density at radius 3 is 2.31 bits per heavy atom. The van der Waals surface area contributed by atoms with E-state index >= 15 is 0 Å². The number of hydrogen-bond donors (Lipinski definition) is 1. The lowest BCUT2D eigenvalue weighted by Crippen LogP contribution is -2.53. The summed E-state index contributed by atoms with van der Waals surface area (Å²) in [6.07, 6.45) is 0.839. The van der Waals surface area contributed by atoms with Crippen LogP contribution in [0.5, 0.6) is 0 Å². The van der Waals surface area contributed by atoms with Gasteiger partial charge in [-0.25, -0.2) is 4.79 Å². The first-order chi connectivity index (χ1) is 12.6. The first kappa shape index (κ1) is 18.5. The fourth-order valence-electron chi connectivity index (χ4n) is 3.13. The van der Waals surface area contributed by atoms with E-state index in [0.717, 1.165) is 16.9 Å². The zero-order valence-electron chi connectivity index (χ0n) is 15.3. The maximum absolute atomic E-state index is 12.6. The minimum Gasteiger partial charge on any atom is -0.334 e. The van der Waals surface area contributed by atoms with Gasteiger partial charge in [-0.05, 0) is 30.4 Å². The van der Waals surface area contributed by atoms with Gasteiger partial charge in [-0.1, -0.05) is 42.8 Å². The molecule has 1 saturated heterocycles. The molecule has 2 aromatic rings. The number of aryl methyl sites for hydroxylation is 1. The van der Waals surface area contributed by atoms with E-state index in [1.807, 2.05) is 22.4 Å². The van der Waals surface area contributed by atoms with Crippen LogP contribution in [0.4, 0.5) is 4.79 Å². The zero-order valence-corrected chi connectivity index (χ0v) is 16.1. The number of urea groups is 1. The molecule has 1 N–H and O–H groups in total. The summed E-state index contributed by atoms with van der Waals surface area (Å²) in [5, 5.41) is 5.04. The number of carbonyl (C=O) groups is 2. The minimum atomic E-state index is -0.0550. The molecule has 2 heterocycles. The van der Waals surface area contributed by atoms with Gasteiger partial charge < -0.3 is 15.1 Å². The molecule has 1 aliphatic rings. The molecule has 1 aromatic carbocycles. The lowest BCUT2D eigenvalue weighted by Gasteiger charge is -2.35. The van der Waals surface area contributed by atoms with Crippen molar-refractivity contribution in [1.82, 2.24) is 15.1 Å². The van der Waals surface area contributed by atoms with E-state index in [9.17, 15) is 9.59 Å². The maximum Gasteiger partial charge on any atom is 0.318 e. The molecule has 1 fully saturated rings. The van der Waals surface area contributed by atoms with Crippen LogP contribution in [0.3, 0.4) is 0 Å². The van der Waals surface area contributed by atoms with Crippen LogP contribution in [-0.4, -0.2) is 47.9 Å². The van der Waals surface area contributed by atoms with Crippen LogP contribution in [0, 0.1) is 6.92 Å². The molecule has 0 saturated carbocycles. The second kappa shape index (κ2) is 8.36. The topological polar surface area (TPSA) is 52.7 Å². The fraction of sp³-hybridized carbons (Fsp3) is 0.400. The van der Waals surface area contributed by atoms with E-state index in [2.05, 4.69) is 43.4 Å². The highest BCUT2D eigenvalue weighted by Crippen LogP contribution is 2.18. The van der Waals surface area contributed by atoms with Crippen molar-refractivity contribution in [2.75, 3.05) is 26.2 Å². The van der Waals surface area contributed by atoms with E-state index in [-0.39, 0.29) is 18.0 Å². The van der Waals surface area contributed by atoms with Gasteiger partial charge in [-0.2, -0.15) is 0 Å². The summed E-state index contributed by atoms with van der Waals surface area (Å²) in [5.74, 6) is 0.0612. The van der Waals surface area contributed by atoms with Crippen LogP contribution in [-0.2, 0) is 0 Å². The zero-order chi connectivity index (χ0) is 18.5. The summed E-state index contributed by atoms with van der Waals surface area (Å²) in [7, 11) is 0. The molecule has 0 spiro atoms. The molecule has 138 valence electrons. The van der Waals surface area contributed by atoms with Gasteiger partial charge in [0.25, 0.3) is 5.91 Å². The molecule has 1 aromatic heterocycles. The largest absolute Gasteiger partial charge is 0.334 e. The molecule has 1 aliphatic heterocycles. The SMILES string of the molecule is CC[C@H](NC(=O)N1CCN(C(=O)c2cccs2)CC1)c1ccc(C)cc1. The standard InChI is InChI=1S/C20H25N3O2S/c1-3-17(16-8-6-15(2)7-9-16)21-20(25)23-12-10-22(11-13-23)19(24)18-5-4-14-26-18/h4-9,14,17H,3,10-13H2,1-2H3,(H,21,25)/t17-/m0/s1. The highest BCUT2D eigenvalue weighted by atomic mass is 32.1. The third-order valence-corrected chi connectivity index (χ3v) is 5.63. The molecular weight excluding hydrogens is 346 g/mol. The van der Waals surface area contributed by atoms with Crippen LogP contribution in [0.1, 0.15) is 40.2 Å². The Labute approximate surface area is 158 Å². The van der Waals surface area contributed by atoms with E-state index < -0.39 is 0 Å². The fourth-order valence-corrected chi connectivity index (χ4v) is 3.82. The molecule has 3 rings (SSSR count). The van der Waals surface area contributed by atoms with E-state index in [4.69, 9.17) is 0 Å². The maximum atomic E-state index is 12.6. The average molecular weight is 372 g/mol. The van der Waals surface area contributed by atoms with Crippen LogP contribution in [0.2, 0.25) is 0 Å². The molecule has 0 unspecified atom stereocenters. The third-order valence-electron chi connectivity index (χ3n) is 4.77. The summed E-state index contributed by atoms with van der Waals surface area (Å²) in [4.78, 5) is 29.4. The molecule has 0 radical (unpaired) electrons. The van der Waals surface area contributed by atoms with Crippen LogP contribution < -0.4 is 5.32 Å². The van der Waals surface area contributed by atoms with Crippen molar-refractivity contribution < 1.29 is 9.59 Å². The van der Waals surface area contributed by atoms with Crippen molar-refractivity contribution in [3.63, 3.8) is 0 Å². The van der Waals surface area contributed by atoms with Crippen molar-refractivity contribution in [1.29, 1.82) is 0 Å². The van der Waals surface area contributed by atoms with Crippen molar-refractivity contribution in [2.45, 2.75) is 26.3 Å². The first-order valence-corrected chi connectivity index (χ1v) is 9.91. The molecule has 6 heteroatoms. The quantitative estimate of drug-likeness (QED) is 0.891. The van der Waals surface area contributed by atoms with Crippen LogP contribution in [0.25, 0.3) is 0 Å². The van der Waals surface area contributed by atoms with Gasteiger partial charge in [-0.3, -0.25) is 4.79 Å². The highest BCUT2D eigenvalue weighted by molar-refractivity contribution is 7.12. The van der Waals surface area contributed by atoms with Crippen LogP contribution in [0.15, 0.2) is 41.8 Å². The second-order valence-corrected chi connectivity index (χ2v) is 7.53. The Bertz CT molecular complexity index is 735. The molecule has 5 nitrogen and oxygen atoms in total. The van der Waals surface area contributed by atoms with Gasteiger partial charge >= 0.3 is 6.03 Å². The Morgan fingerprint density at radius 2 is 1.73 bits per heavy atom. The molecular formula is C20H25N3O2S. The van der Waals surface area contributed by atoms with Gasteiger partial charge in [0.1, 0.15) is 0 Å². The molecule has 0 aliphatic carbocycles. The number of nitrogens with zero attached hydrogens (tertiary/aromatic N) is 2. The number of nitrogens with one attached hydrogen (secondary N) is 1. The lowest BCUT2D eigenvalue weighted by molar-refractivity contribution is 0.0668. The summed E-state index contributed by atoms with van der Waals surface area (Å²) in [6.45, 7) is 6.40. The Hall–Kier alpha value is -2.34. The number of rotatable bonds is 4. The second-order valence-electron chi connectivity index (χ2n) is 6.58. The predicted octanol–water partition coefficient (Wildman–Crippen LogP) is 3.68. The van der Waals surface area contributed by atoms with E-state index in [0.29, 0.717) is 26.2 Å². The van der Waals surface area contributed by atoms with Crippen molar-refractivity contribution >= 4 is 23.3 Å². The summed E-state index contributed by atoms with van der Waals surface area (Å²) in [6, 6.07) is 12.0. The van der Waals surface area contributed by atoms with Gasteiger partial charge in [0.05, 0.1) is 10.9 Å². The Balaban J connectivity index is 1.54. The van der Waals surface area contributed by atoms with Gasteiger partial charge in [0, 0.05) is 26.2 Å². The number of benzene rings is 1. The number of piperazine rings is 1. The Kier molecular flexibility index (Phi) is 5.93. The number of hydrogen-bond acceptors (Lipinski definition) is 3. The highest BCUT2D eigenvalue weighted by Gasteiger charge is 2.26. The lowest BCUT2D eigenvalue weighted by atomic mass is 10.0. The smallest absolute Gasteiger partial charge is 0.318 e. The van der Waals surface area contributed by atoms with Crippen LogP contribution >= 0.6 is 11.3 Å². The Morgan fingerprint density at radius 1 is 1.08 bits per heavy atom. The number of thiophene rings is 1. The molecule has 26 heavy (non-hydrogen) atoms. The van der Waals surface area contributed by atoms with Crippen molar-refractivity contribution in [3.05, 3.63) is 57.8 Å². The monoisotopic (exact) mass is 371 g/mol. The third kappa shape index (κ3) is 4.25. The minimum absolute atomic E-state index is 0.00822. The average Bonchev–Trinajstić information content (AvgIpc) is 3.21. The number of amides is 3. The van der Waals surface area contributed by atoms with Crippen molar-refractivity contribution in [2.24, 2.45) is 0 Å². The predicted molar refractivity (Wildman–Crippen MR) is 105 cm³/mol. The molecule has 3 amide bonds. The number of carbonyl (C=O) groups excluding carboxylic acids is 2. The van der Waals surface area contributed by atoms with Crippen molar-refractivity contribution in [3.8, 4) is 0 Å². The molecule has 0 bridgehead atoms. The first-order valence-electron chi connectivity index (χ1n) is 9.03. The van der Waals surface area contributed by atoms with E-state index in [1.54, 1.807) is 4.90 Å². The normalized spacial score (nSPS) is 15.6. The molecule has 1 atom stereocenters. The van der Waals surface area contributed by atoms with Gasteiger partial charge in [0.2, 0.25) is 0 Å². The summed E-state index contributed by atoms with van der Waals surface area (Å²) >= 11 is 1.46. The summed E-state index contributed by atoms with van der Waals surface area (Å²) in [5.41, 5.74) is 2.33. The van der Waals surface area contributed by atoms with Gasteiger partial charge in [-0.15, -0.1) is 11.3 Å². The van der Waals surface area contributed by atoms with Gasteiger partial charge in [0.15, 0.2) is 0 Å².